The lowest BCUT2D eigenvalue weighted by molar-refractivity contribution is 0.137. The van der Waals surface area contributed by atoms with Crippen molar-refractivity contribution in [2.24, 2.45) is 5.73 Å². The predicted octanol–water partition coefficient (Wildman–Crippen LogP) is -0.0883. The van der Waals surface area contributed by atoms with Gasteiger partial charge in [0, 0.05) is 19.3 Å². The third-order valence-electron chi connectivity index (χ3n) is 2.00. The van der Waals surface area contributed by atoms with E-state index in [0.29, 0.717) is 13.2 Å². The SMILES string of the molecule is CCOCCn1cncc1C(N)CO. The molecule has 80 valence electrons. The first-order valence-electron chi connectivity index (χ1n) is 4.73. The Hall–Kier alpha value is -0.910. The average Bonchev–Trinajstić information content (AvgIpc) is 2.65. The molecule has 0 saturated heterocycles. The normalized spacial score (nSPS) is 13.1. The van der Waals surface area contributed by atoms with Gasteiger partial charge in [-0.3, -0.25) is 0 Å². The lowest BCUT2D eigenvalue weighted by Gasteiger charge is -2.11. The van der Waals surface area contributed by atoms with Crippen LogP contribution in [0, 0.1) is 0 Å². The Morgan fingerprint density at radius 1 is 1.71 bits per heavy atom. The van der Waals surface area contributed by atoms with E-state index in [9.17, 15) is 0 Å². The summed E-state index contributed by atoms with van der Waals surface area (Å²) < 4.78 is 7.12. The molecule has 0 aliphatic carbocycles. The van der Waals surface area contributed by atoms with Gasteiger partial charge in [0.2, 0.25) is 0 Å². The van der Waals surface area contributed by atoms with Crippen LogP contribution in [0.2, 0.25) is 0 Å². The number of imidazole rings is 1. The van der Waals surface area contributed by atoms with Gasteiger partial charge in [-0.1, -0.05) is 0 Å². The topological polar surface area (TPSA) is 73.3 Å². The highest BCUT2D eigenvalue weighted by molar-refractivity contribution is 5.04. The minimum Gasteiger partial charge on any atom is -0.394 e. The molecule has 0 amide bonds. The summed E-state index contributed by atoms with van der Waals surface area (Å²) >= 11 is 0. The zero-order chi connectivity index (χ0) is 10.4. The molecule has 0 radical (unpaired) electrons. The number of ether oxygens (including phenoxy) is 1. The number of nitrogens with two attached hydrogens (primary N) is 1. The smallest absolute Gasteiger partial charge is 0.0949 e. The highest BCUT2D eigenvalue weighted by Crippen LogP contribution is 2.08. The largest absolute Gasteiger partial charge is 0.394 e. The Morgan fingerprint density at radius 2 is 2.50 bits per heavy atom. The van der Waals surface area contributed by atoms with Crippen LogP contribution in [0.5, 0.6) is 0 Å². The van der Waals surface area contributed by atoms with Gasteiger partial charge in [-0.05, 0) is 6.92 Å². The molecule has 3 N–H and O–H groups in total. The fourth-order valence-electron chi connectivity index (χ4n) is 1.23. The van der Waals surface area contributed by atoms with E-state index >= 15 is 0 Å². The second-order valence-corrected chi connectivity index (χ2v) is 3.00. The molecule has 0 aliphatic rings. The minimum absolute atomic E-state index is 0.0691. The van der Waals surface area contributed by atoms with Crippen molar-refractivity contribution in [1.82, 2.24) is 9.55 Å². The van der Waals surface area contributed by atoms with E-state index < -0.39 is 0 Å². The lowest BCUT2D eigenvalue weighted by Crippen LogP contribution is -2.19. The number of nitrogens with zero attached hydrogens (tertiary/aromatic N) is 2. The van der Waals surface area contributed by atoms with Crippen molar-refractivity contribution in [2.75, 3.05) is 19.8 Å². The van der Waals surface area contributed by atoms with Crippen LogP contribution in [0.1, 0.15) is 18.7 Å². The van der Waals surface area contributed by atoms with Gasteiger partial charge in [0.05, 0.1) is 31.3 Å². The zero-order valence-corrected chi connectivity index (χ0v) is 8.39. The van der Waals surface area contributed by atoms with Crippen LogP contribution in [-0.2, 0) is 11.3 Å². The summed E-state index contributed by atoms with van der Waals surface area (Å²) in [7, 11) is 0. The monoisotopic (exact) mass is 199 g/mol. The van der Waals surface area contributed by atoms with Crippen molar-refractivity contribution >= 4 is 0 Å². The number of hydrogen-bond acceptors (Lipinski definition) is 4. The Kier molecular flexibility index (Phi) is 4.58. The van der Waals surface area contributed by atoms with Gasteiger partial charge >= 0.3 is 0 Å². The number of hydrogen-bond donors (Lipinski definition) is 2. The fourth-order valence-corrected chi connectivity index (χ4v) is 1.23. The second-order valence-electron chi connectivity index (χ2n) is 3.00. The van der Waals surface area contributed by atoms with Gasteiger partial charge in [-0.2, -0.15) is 0 Å². The molecule has 1 heterocycles. The average molecular weight is 199 g/mol. The van der Waals surface area contributed by atoms with Crippen molar-refractivity contribution < 1.29 is 9.84 Å². The Bertz CT molecular complexity index is 262. The summed E-state index contributed by atoms with van der Waals surface area (Å²) in [4.78, 5) is 3.99. The maximum absolute atomic E-state index is 8.91. The molecule has 0 bridgehead atoms. The first-order chi connectivity index (χ1) is 6.79. The van der Waals surface area contributed by atoms with Crippen molar-refractivity contribution in [3.8, 4) is 0 Å². The molecular formula is C9H17N3O2. The standard InChI is InChI=1S/C9H17N3O2/c1-2-14-4-3-12-7-11-5-9(12)8(10)6-13/h5,7-8,13H,2-4,6,10H2,1H3. The fraction of sp³-hybridized carbons (Fsp3) is 0.667. The van der Waals surface area contributed by atoms with Crippen molar-refractivity contribution in [2.45, 2.75) is 19.5 Å². The van der Waals surface area contributed by atoms with Crippen LogP contribution >= 0.6 is 0 Å². The first kappa shape index (κ1) is 11.2. The molecule has 1 aromatic rings. The van der Waals surface area contributed by atoms with Gasteiger partial charge in [0.1, 0.15) is 0 Å². The Morgan fingerprint density at radius 3 is 3.14 bits per heavy atom. The van der Waals surface area contributed by atoms with Gasteiger partial charge in [-0.25, -0.2) is 4.98 Å². The van der Waals surface area contributed by atoms with Crippen molar-refractivity contribution in [3.63, 3.8) is 0 Å². The summed E-state index contributed by atoms with van der Waals surface area (Å²) in [5, 5.41) is 8.91. The predicted molar refractivity (Wildman–Crippen MR) is 52.7 cm³/mol. The molecule has 0 saturated carbocycles. The molecule has 0 fully saturated rings. The third kappa shape index (κ3) is 2.80. The van der Waals surface area contributed by atoms with Crippen LogP contribution < -0.4 is 5.73 Å². The molecule has 0 aromatic carbocycles. The number of aromatic nitrogens is 2. The molecule has 0 aliphatic heterocycles. The quantitative estimate of drug-likeness (QED) is 0.628. The molecule has 1 rings (SSSR count). The second kappa shape index (κ2) is 5.74. The summed E-state index contributed by atoms with van der Waals surface area (Å²) in [6.45, 7) is 3.94. The van der Waals surface area contributed by atoms with Gasteiger partial charge < -0.3 is 20.1 Å². The molecule has 14 heavy (non-hydrogen) atoms. The molecule has 1 aromatic heterocycles. The molecule has 1 unspecified atom stereocenters. The Balaban J connectivity index is 2.53. The van der Waals surface area contributed by atoms with Crippen LogP contribution in [0.15, 0.2) is 12.5 Å². The highest BCUT2D eigenvalue weighted by Gasteiger charge is 2.09. The molecule has 5 heteroatoms. The molecule has 1 atom stereocenters. The van der Waals surface area contributed by atoms with Crippen LogP contribution in [0.4, 0.5) is 0 Å². The Labute approximate surface area is 83.5 Å². The highest BCUT2D eigenvalue weighted by atomic mass is 16.5. The van der Waals surface area contributed by atoms with Gasteiger partial charge in [-0.15, -0.1) is 0 Å². The minimum atomic E-state index is -0.362. The molecule has 0 spiro atoms. The lowest BCUT2D eigenvalue weighted by atomic mass is 10.2. The van der Waals surface area contributed by atoms with E-state index in [1.165, 1.54) is 0 Å². The molecule has 5 nitrogen and oxygen atoms in total. The third-order valence-corrected chi connectivity index (χ3v) is 2.00. The van der Waals surface area contributed by atoms with E-state index in [1.807, 2.05) is 11.5 Å². The van der Waals surface area contributed by atoms with E-state index in [-0.39, 0.29) is 12.6 Å². The van der Waals surface area contributed by atoms with Gasteiger partial charge in [0.25, 0.3) is 0 Å². The van der Waals surface area contributed by atoms with E-state index in [0.717, 1.165) is 12.2 Å². The summed E-state index contributed by atoms with van der Waals surface area (Å²) in [6.07, 6.45) is 3.37. The summed E-state index contributed by atoms with van der Waals surface area (Å²) in [5.74, 6) is 0. The number of rotatable bonds is 6. The zero-order valence-electron chi connectivity index (χ0n) is 8.39. The summed E-state index contributed by atoms with van der Waals surface area (Å²) in [5.41, 5.74) is 6.53. The van der Waals surface area contributed by atoms with Crippen molar-refractivity contribution in [3.05, 3.63) is 18.2 Å². The van der Waals surface area contributed by atoms with Crippen LogP contribution in [-0.4, -0.2) is 34.5 Å². The number of aliphatic hydroxyl groups excluding tert-OH is 1. The first-order valence-corrected chi connectivity index (χ1v) is 4.73. The molecular weight excluding hydrogens is 182 g/mol. The van der Waals surface area contributed by atoms with E-state index in [1.54, 1.807) is 12.5 Å². The van der Waals surface area contributed by atoms with Crippen molar-refractivity contribution in [1.29, 1.82) is 0 Å². The van der Waals surface area contributed by atoms with E-state index in [2.05, 4.69) is 4.98 Å². The maximum atomic E-state index is 8.91. The van der Waals surface area contributed by atoms with Crippen LogP contribution in [0.25, 0.3) is 0 Å². The summed E-state index contributed by atoms with van der Waals surface area (Å²) in [6, 6.07) is -0.362. The van der Waals surface area contributed by atoms with Gasteiger partial charge in [0.15, 0.2) is 0 Å². The van der Waals surface area contributed by atoms with Crippen LogP contribution in [0.3, 0.4) is 0 Å². The number of aliphatic hydroxyl groups is 1. The van der Waals surface area contributed by atoms with E-state index in [4.69, 9.17) is 15.6 Å². The maximum Gasteiger partial charge on any atom is 0.0949 e.